The molecule has 0 aliphatic carbocycles. The third-order valence-corrected chi connectivity index (χ3v) is 4.33. The van der Waals surface area contributed by atoms with Crippen LogP contribution in [0.3, 0.4) is 0 Å². The Balaban J connectivity index is 1.69. The molecule has 5 nitrogen and oxygen atoms in total. The Morgan fingerprint density at radius 3 is 2.46 bits per heavy atom. The highest BCUT2D eigenvalue weighted by Crippen LogP contribution is 2.32. The van der Waals surface area contributed by atoms with Crippen LogP contribution >= 0.6 is 0 Å². The molecule has 1 heterocycles. The van der Waals surface area contributed by atoms with E-state index in [2.05, 4.69) is 55.3 Å². The van der Waals surface area contributed by atoms with E-state index in [1.807, 2.05) is 18.2 Å². The number of benzene rings is 2. The Labute approximate surface area is 154 Å². The maximum absolute atomic E-state index is 12.6. The van der Waals surface area contributed by atoms with Crippen molar-refractivity contribution < 1.29 is 14.3 Å². The molecular formula is C21H26N2O3. The number of hydrogen-bond donors (Lipinski definition) is 1. The summed E-state index contributed by atoms with van der Waals surface area (Å²) in [4.78, 5) is 14.7. The van der Waals surface area contributed by atoms with E-state index >= 15 is 0 Å². The first-order valence-electron chi connectivity index (χ1n) is 9.06. The van der Waals surface area contributed by atoms with Crippen LogP contribution in [-0.4, -0.2) is 31.7 Å². The lowest BCUT2D eigenvalue weighted by Gasteiger charge is -2.28. The Kier molecular flexibility index (Phi) is 5.66. The van der Waals surface area contributed by atoms with Crippen LogP contribution < -0.4 is 19.7 Å². The van der Waals surface area contributed by atoms with Crippen molar-refractivity contribution in [3.05, 3.63) is 48.0 Å². The van der Waals surface area contributed by atoms with Crippen LogP contribution in [0, 0.1) is 6.92 Å². The van der Waals surface area contributed by atoms with E-state index in [1.54, 1.807) is 0 Å². The van der Waals surface area contributed by atoms with Crippen molar-refractivity contribution in [2.24, 2.45) is 0 Å². The van der Waals surface area contributed by atoms with Crippen LogP contribution in [0.2, 0.25) is 0 Å². The summed E-state index contributed by atoms with van der Waals surface area (Å²) in [5, 5.41) is 2.96. The van der Waals surface area contributed by atoms with Crippen molar-refractivity contribution in [1.29, 1.82) is 0 Å². The lowest BCUT2D eigenvalue weighted by Crippen LogP contribution is -2.38. The zero-order chi connectivity index (χ0) is 18.5. The van der Waals surface area contributed by atoms with E-state index in [9.17, 15) is 4.79 Å². The number of carbonyl (C=O) groups excluding carboxylic acids is 1. The number of rotatable bonds is 5. The second-order valence-electron chi connectivity index (χ2n) is 6.82. The van der Waals surface area contributed by atoms with E-state index in [1.165, 1.54) is 5.56 Å². The van der Waals surface area contributed by atoms with Gasteiger partial charge in [-0.15, -0.1) is 0 Å². The van der Waals surface area contributed by atoms with Crippen LogP contribution in [0.25, 0.3) is 0 Å². The van der Waals surface area contributed by atoms with Crippen molar-refractivity contribution >= 4 is 17.3 Å². The van der Waals surface area contributed by atoms with E-state index in [0.717, 1.165) is 17.9 Å². The summed E-state index contributed by atoms with van der Waals surface area (Å²) in [6.45, 7) is 7.79. The molecule has 0 saturated carbocycles. The topological polar surface area (TPSA) is 50.8 Å². The number of aryl methyl sites for hydroxylation is 1. The highest BCUT2D eigenvalue weighted by atomic mass is 16.5. The molecule has 2 aromatic rings. The first kappa shape index (κ1) is 18.1. The molecule has 1 aliphatic heterocycles. The van der Waals surface area contributed by atoms with Crippen LogP contribution in [0.15, 0.2) is 42.5 Å². The zero-order valence-corrected chi connectivity index (χ0v) is 15.6. The minimum absolute atomic E-state index is 0.0613. The average molecular weight is 354 g/mol. The quantitative estimate of drug-likeness (QED) is 0.881. The average Bonchev–Trinajstić information content (AvgIpc) is 2.85. The maximum atomic E-state index is 12.6. The molecule has 26 heavy (non-hydrogen) atoms. The van der Waals surface area contributed by atoms with Gasteiger partial charge in [0, 0.05) is 29.9 Å². The lowest BCUT2D eigenvalue weighted by molar-refractivity contribution is -0.115. The Bertz CT molecular complexity index is 756. The first-order chi connectivity index (χ1) is 12.5. The number of hydrogen-bond acceptors (Lipinski definition) is 4. The summed E-state index contributed by atoms with van der Waals surface area (Å²) in [6.07, 6.45) is 0.857. The number of carbonyl (C=O) groups is 1. The number of fused-ring (bicyclic) bond motifs is 1. The number of anilines is 2. The maximum Gasteiger partial charge on any atom is 0.243 e. The molecule has 0 spiro atoms. The van der Waals surface area contributed by atoms with Crippen molar-refractivity contribution in [1.82, 2.24) is 0 Å². The predicted octanol–water partition coefficient (Wildman–Crippen LogP) is 4.01. The normalized spacial score (nSPS) is 13.2. The monoisotopic (exact) mass is 354 g/mol. The zero-order valence-electron chi connectivity index (χ0n) is 15.6. The Morgan fingerprint density at radius 2 is 1.77 bits per heavy atom. The molecule has 0 bridgehead atoms. The SMILES string of the molecule is Cc1ccc(N(CC(=O)Nc2ccc3c(c2)OCCCO3)C(C)C)cc1. The summed E-state index contributed by atoms with van der Waals surface area (Å²) in [5.74, 6) is 1.34. The van der Waals surface area contributed by atoms with Gasteiger partial charge < -0.3 is 19.7 Å². The van der Waals surface area contributed by atoms with Gasteiger partial charge in [0.15, 0.2) is 11.5 Å². The number of ether oxygens (including phenoxy) is 2. The molecule has 2 aromatic carbocycles. The molecule has 3 rings (SSSR count). The second kappa shape index (κ2) is 8.13. The minimum atomic E-state index is -0.0613. The van der Waals surface area contributed by atoms with E-state index in [4.69, 9.17) is 9.47 Å². The van der Waals surface area contributed by atoms with Gasteiger partial charge in [-0.2, -0.15) is 0 Å². The van der Waals surface area contributed by atoms with Gasteiger partial charge >= 0.3 is 0 Å². The highest BCUT2D eigenvalue weighted by molar-refractivity contribution is 5.94. The van der Waals surface area contributed by atoms with Gasteiger partial charge in [-0.1, -0.05) is 17.7 Å². The molecule has 0 fully saturated rings. The summed E-state index contributed by atoms with van der Waals surface area (Å²) in [7, 11) is 0. The molecular weight excluding hydrogens is 328 g/mol. The molecule has 138 valence electrons. The molecule has 1 N–H and O–H groups in total. The Morgan fingerprint density at radius 1 is 1.08 bits per heavy atom. The van der Waals surface area contributed by atoms with Crippen molar-refractivity contribution in [2.75, 3.05) is 30.0 Å². The molecule has 1 amide bonds. The third kappa shape index (κ3) is 4.48. The van der Waals surface area contributed by atoms with E-state index in [0.29, 0.717) is 24.7 Å². The van der Waals surface area contributed by atoms with Crippen LogP contribution in [0.1, 0.15) is 25.8 Å². The fraction of sp³-hybridized carbons (Fsp3) is 0.381. The fourth-order valence-corrected chi connectivity index (χ4v) is 2.90. The molecule has 0 saturated heterocycles. The van der Waals surface area contributed by atoms with Crippen LogP contribution in [0.5, 0.6) is 11.5 Å². The smallest absolute Gasteiger partial charge is 0.243 e. The molecule has 0 aromatic heterocycles. The standard InChI is InChI=1S/C21H26N2O3/c1-15(2)23(18-8-5-16(3)6-9-18)14-21(24)22-17-7-10-19-20(13-17)26-12-4-11-25-19/h5-10,13,15H,4,11-12,14H2,1-3H3,(H,22,24). The third-order valence-electron chi connectivity index (χ3n) is 4.33. The summed E-state index contributed by atoms with van der Waals surface area (Å²) in [5.41, 5.74) is 2.96. The molecule has 0 unspecified atom stereocenters. The van der Waals surface area contributed by atoms with Gasteiger partial charge in [0.05, 0.1) is 19.8 Å². The van der Waals surface area contributed by atoms with Gasteiger partial charge in [0.2, 0.25) is 5.91 Å². The Hall–Kier alpha value is -2.69. The molecule has 0 atom stereocenters. The van der Waals surface area contributed by atoms with Gasteiger partial charge in [-0.05, 0) is 45.0 Å². The summed E-state index contributed by atoms with van der Waals surface area (Å²) in [6, 6.07) is 14.0. The van der Waals surface area contributed by atoms with Crippen LogP contribution in [0.4, 0.5) is 11.4 Å². The molecule has 0 radical (unpaired) electrons. The highest BCUT2D eigenvalue weighted by Gasteiger charge is 2.16. The largest absolute Gasteiger partial charge is 0.490 e. The van der Waals surface area contributed by atoms with Crippen molar-refractivity contribution in [3.63, 3.8) is 0 Å². The molecule has 5 heteroatoms. The number of amides is 1. The van der Waals surface area contributed by atoms with Gasteiger partial charge in [-0.25, -0.2) is 0 Å². The molecule has 1 aliphatic rings. The van der Waals surface area contributed by atoms with Gasteiger partial charge in [-0.3, -0.25) is 4.79 Å². The van der Waals surface area contributed by atoms with Crippen LogP contribution in [-0.2, 0) is 4.79 Å². The van der Waals surface area contributed by atoms with E-state index < -0.39 is 0 Å². The first-order valence-corrected chi connectivity index (χ1v) is 9.06. The van der Waals surface area contributed by atoms with E-state index in [-0.39, 0.29) is 18.5 Å². The predicted molar refractivity (Wildman–Crippen MR) is 104 cm³/mol. The fourth-order valence-electron chi connectivity index (χ4n) is 2.90. The van der Waals surface area contributed by atoms with Crippen molar-refractivity contribution in [2.45, 2.75) is 33.2 Å². The number of nitrogens with zero attached hydrogens (tertiary/aromatic N) is 1. The second-order valence-corrected chi connectivity index (χ2v) is 6.82. The van der Waals surface area contributed by atoms with Gasteiger partial charge in [0.25, 0.3) is 0 Å². The van der Waals surface area contributed by atoms with Gasteiger partial charge in [0.1, 0.15) is 0 Å². The number of nitrogens with one attached hydrogen (secondary N) is 1. The minimum Gasteiger partial charge on any atom is -0.490 e. The van der Waals surface area contributed by atoms with Crippen molar-refractivity contribution in [3.8, 4) is 11.5 Å². The summed E-state index contributed by atoms with van der Waals surface area (Å²) < 4.78 is 11.3. The lowest BCUT2D eigenvalue weighted by atomic mass is 10.2. The summed E-state index contributed by atoms with van der Waals surface area (Å²) >= 11 is 0.